The SMILES string of the molecule is Nc1nc(Cl)cc(NCc2cccc(NC(=O)c3ccco3)c2)n1. The van der Waals surface area contributed by atoms with Gasteiger partial charge in [0.15, 0.2) is 5.76 Å². The lowest BCUT2D eigenvalue weighted by Crippen LogP contribution is -2.11. The highest BCUT2D eigenvalue weighted by Crippen LogP contribution is 2.16. The Balaban J connectivity index is 1.65. The van der Waals surface area contributed by atoms with Crippen LogP contribution < -0.4 is 16.4 Å². The third-order valence-electron chi connectivity index (χ3n) is 3.12. The Labute approximate surface area is 142 Å². The lowest BCUT2D eigenvalue weighted by atomic mass is 10.2. The lowest BCUT2D eigenvalue weighted by molar-refractivity contribution is 0.0996. The molecule has 3 rings (SSSR count). The van der Waals surface area contributed by atoms with Crippen molar-refractivity contribution in [2.45, 2.75) is 6.54 Å². The molecular weight excluding hydrogens is 330 g/mol. The summed E-state index contributed by atoms with van der Waals surface area (Å²) < 4.78 is 5.06. The largest absolute Gasteiger partial charge is 0.459 e. The first kappa shape index (κ1) is 15.8. The van der Waals surface area contributed by atoms with Gasteiger partial charge in [-0.3, -0.25) is 4.79 Å². The molecule has 0 bridgehead atoms. The van der Waals surface area contributed by atoms with Crippen LogP contribution in [0.4, 0.5) is 17.5 Å². The van der Waals surface area contributed by atoms with Gasteiger partial charge in [0.05, 0.1) is 6.26 Å². The number of halogens is 1. The Morgan fingerprint density at radius 3 is 2.83 bits per heavy atom. The molecule has 4 N–H and O–H groups in total. The number of anilines is 3. The van der Waals surface area contributed by atoms with Crippen molar-refractivity contribution in [3.63, 3.8) is 0 Å². The molecule has 8 heteroatoms. The van der Waals surface area contributed by atoms with E-state index in [4.69, 9.17) is 21.8 Å². The number of rotatable bonds is 5. The molecule has 122 valence electrons. The predicted molar refractivity (Wildman–Crippen MR) is 91.9 cm³/mol. The molecule has 0 saturated heterocycles. The molecule has 24 heavy (non-hydrogen) atoms. The molecule has 7 nitrogen and oxygen atoms in total. The van der Waals surface area contributed by atoms with E-state index < -0.39 is 0 Å². The second-order valence-corrected chi connectivity index (χ2v) is 5.31. The standard InChI is InChI=1S/C16H14ClN5O2/c17-13-8-14(22-16(18)21-13)19-9-10-3-1-4-11(7-10)20-15(23)12-5-2-6-24-12/h1-8H,9H2,(H,20,23)(H3,18,19,21,22). The zero-order valence-corrected chi connectivity index (χ0v) is 13.2. The van der Waals surface area contributed by atoms with Crippen molar-refractivity contribution in [3.05, 3.63) is 65.2 Å². The molecule has 2 aromatic heterocycles. The van der Waals surface area contributed by atoms with E-state index in [0.717, 1.165) is 5.56 Å². The average molecular weight is 344 g/mol. The summed E-state index contributed by atoms with van der Waals surface area (Å²) in [5, 5.41) is 6.15. The molecule has 0 atom stereocenters. The van der Waals surface area contributed by atoms with Gasteiger partial charge in [0, 0.05) is 18.3 Å². The minimum atomic E-state index is -0.305. The van der Waals surface area contributed by atoms with Crippen molar-refractivity contribution < 1.29 is 9.21 Å². The van der Waals surface area contributed by atoms with Crippen molar-refractivity contribution >= 4 is 35.0 Å². The maximum absolute atomic E-state index is 12.0. The summed E-state index contributed by atoms with van der Waals surface area (Å²) >= 11 is 5.84. The number of hydrogen-bond donors (Lipinski definition) is 3. The fourth-order valence-electron chi connectivity index (χ4n) is 2.08. The van der Waals surface area contributed by atoms with E-state index in [0.29, 0.717) is 18.1 Å². The first-order valence-corrected chi connectivity index (χ1v) is 7.46. The van der Waals surface area contributed by atoms with E-state index in [9.17, 15) is 4.79 Å². The molecule has 0 aliphatic carbocycles. The number of amides is 1. The highest BCUT2D eigenvalue weighted by Gasteiger charge is 2.09. The van der Waals surface area contributed by atoms with Crippen molar-refractivity contribution in [1.29, 1.82) is 0 Å². The summed E-state index contributed by atoms with van der Waals surface area (Å²) in [6, 6.07) is 12.2. The van der Waals surface area contributed by atoms with Crippen LogP contribution in [-0.4, -0.2) is 15.9 Å². The molecule has 0 unspecified atom stereocenters. The molecule has 0 radical (unpaired) electrons. The smallest absolute Gasteiger partial charge is 0.291 e. The molecule has 3 aromatic rings. The van der Waals surface area contributed by atoms with Crippen LogP contribution in [0, 0.1) is 0 Å². The first-order chi connectivity index (χ1) is 11.6. The third kappa shape index (κ3) is 4.02. The van der Waals surface area contributed by atoms with Gasteiger partial charge in [0.1, 0.15) is 11.0 Å². The van der Waals surface area contributed by atoms with Gasteiger partial charge in [-0.2, -0.15) is 4.98 Å². The van der Waals surface area contributed by atoms with Crippen molar-refractivity contribution in [2.75, 3.05) is 16.4 Å². The molecule has 0 aliphatic rings. The molecular formula is C16H14ClN5O2. The summed E-state index contributed by atoms with van der Waals surface area (Å²) in [7, 11) is 0. The topological polar surface area (TPSA) is 106 Å². The molecule has 0 saturated carbocycles. The van der Waals surface area contributed by atoms with Crippen LogP contribution in [-0.2, 0) is 6.54 Å². The minimum Gasteiger partial charge on any atom is -0.459 e. The fraction of sp³-hybridized carbons (Fsp3) is 0.0625. The number of nitrogens with zero attached hydrogens (tertiary/aromatic N) is 2. The summed E-state index contributed by atoms with van der Waals surface area (Å²) in [5.41, 5.74) is 7.16. The second-order valence-electron chi connectivity index (χ2n) is 4.92. The van der Waals surface area contributed by atoms with E-state index in [1.807, 2.05) is 18.2 Å². The van der Waals surface area contributed by atoms with Crippen LogP contribution in [0.2, 0.25) is 5.15 Å². The normalized spacial score (nSPS) is 10.4. The average Bonchev–Trinajstić information content (AvgIpc) is 3.07. The molecule has 1 amide bonds. The Morgan fingerprint density at radius 2 is 2.08 bits per heavy atom. The maximum atomic E-state index is 12.0. The summed E-state index contributed by atoms with van der Waals surface area (Å²) in [4.78, 5) is 19.8. The Kier molecular flexibility index (Phi) is 4.62. The number of nitrogen functional groups attached to an aromatic ring is 1. The van der Waals surface area contributed by atoms with Gasteiger partial charge in [-0.15, -0.1) is 0 Å². The van der Waals surface area contributed by atoms with Gasteiger partial charge in [0.2, 0.25) is 5.95 Å². The highest BCUT2D eigenvalue weighted by molar-refractivity contribution is 6.29. The van der Waals surface area contributed by atoms with Gasteiger partial charge >= 0.3 is 0 Å². The number of carbonyl (C=O) groups excluding carboxylic acids is 1. The number of aromatic nitrogens is 2. The van der Waals surface area contributed by atoms with Gasteiger partial charge in [-0.1, -0.05) is 23.7 Å². The minimum absolute atomic E-state index is 0.101. The van der Waals surface area contributed by atoms with Gasteiger partial charge < -0.3 is 20.8 Å². The number of benzene rings is 1. The lowest BCUT2D eigenvalue weighted by Gasteiger charge is -2.09. The van der Waals surface area contributed by atoms with Gasteiger partial charge in [-0.25, -0.2) is 4.98 Å². The van der Waals surface area contributed by atoms with E-state index >= 15 is 0 Å². The van der Waals surface area contributed by atoms with Crippen LogP contribution in [0.5, 0.6) is 0 Å². The van der Waals surface area contributed by atoms with Crippen molar-refractivity contribution in [1.82, 2.24) is 9.97 Å². The van der Waals surface area contributed by atoms with Crippen molar-refractivity contribution in [2.24, 2.45) is 0 Å². The van der Waals surface area contributed by atoms with Gasteiger partial charge in [0.25, 0.3) is 5.91 Å². The van der Waals surface area contributed by atoms with E-state index in [1.165, 1.54) is 6.26 Å². The maximum Gasteiger partial charge on any atom is 0.291 e. The number of furan rings is 1. The Morgan fingerprint density at radius 1 is 1.21 bits per heavy atom. The quantitative estimate of drug-likeness (QED) is 0.614. The number of carbonyl (C=O) groups is 1. The molecule has 0 spiro atoms. The van der Waals surface area contributed by atoms with Crippen molar-refractivity contribution in [3.8, 4) is 0 Å². The third-order valence-corrected chi connectivity index (χ3v) is 3.31. The van der Waals surface area contributed by atoms with E-state index in [-0.39, 0.29) is 22.8 Å². The molecule has 1 aromatic carbocycles. The van der Waals surface area contributed by atoms with Crippen LogP contribution >= 0.6 is 11.6 Å². The Hall–Kier alpha value is -3.06. The summed E-state index contributed by atoms with van der Waals surface area (Å²) in [6.07, 6.45) is 1.45. The zero-order valence-electron chi connectivity index (χ0n) is 12.5. The monoisotopic (exact) mass is 343 g/mol. The zero-order chi connectivity index (χ0) is 16.9. The highest BCUT2D eigenvalue weighted by atomic mass is 35.5. The first-order valence-electron chi connectivity index (χ1n) is 7.08. The van der Waals surface area contributed by atoms with Crippen LogP contribution in [0.15, 0.2) is 53.1 Å². The van der Waals surface area contributed by atoms with Crippen LogP contribution in [0.3, 0.4) is 0 Å². The van der Waals surface area contributed by atoms with Crippen LogP contribution in [0.25, 0.3) is 0 Å². The molecule has 0 aliphatic heterocycles. The molecule has 0 fully saturated rings. The number of nitrogens with two attached hydrogens (primary N) is 1. The second kappa shape index (κ2) is 7.01. The predicted octanol–water partition coefficient (Wildman–Crippen LogP) is 3.17. The fourth-order valence-corrected chi connectivity index (χ4v) is 2.27. The van der Waals surface area contributed by atoms with E-state index in [1.54, 1.807) is 24.3 Å². The van der Waals surface area contributed by atoms with Crippen LogP contribution in [0.1, 0.15) is 16.1 Å². The van der Waals surface area contributed by atoms with E-state index in [2.05, 4.69) is 20.6 Å². The molecule has 2 heterocycles. The number of nitrogens with one attached hydrogen (secondary N) is 2. The summed E-state index contributed by atoms with van der Waals surface area (Å²) in [6.45, 7) is 0.483. The summed E-state index contributed by atoms with van der Waals surface area (Å²) in [5.74, 6) is 0.576. The van der Waals surface area contributed by atoms with Gasteiger partial charge in [-0.05, 0) is 29.8 Å². The number of hydrogen-bond acceptors (Lipinski definition) is 6. The Bertz CT molecular complexity index is 831.